The molecule has 1 heterocycles. The van der Waals surface area contributed by atoms with Gasteiger partial charge in [0.15, 0.2) is 6.29 Å². The van der Waals surface area contributed by atoms with Gasteiger partial charge < -0.3 is 34.8 Å². The van der Waals surface area contributed by atoms with Gasteiger partial charge in [-0.1, -0.05) is 5.11 Å². The summed E-state index contributed by atoms with van der Waals surface area (Å²) in [6, 6.07) is -0.978. The molecule has 1 aliphatic heterocycles. The van der Waals surface area contributed by atoms with Crippen molar-refractivity contribution in [3.63, 3.8) is 0 Å². The summed E-state index contributed by atoms with van der Waals surface area (Å²) in [4.78, 5) is 13.8. The highest BCUT2D eigenvalue weighted by Crippen LogP contribution is 2.22. The molecule has 0 aliphatic carbocycles. The number of carbonyl (C=O) groups excluding carboxylic acids is 1. The zero-order chi connectivity index (χ0) is 17.2. The van der Waals surface area contributed by atoms with Crippen LogP contribution in [0.25, 0.3) is 10.4 Å². The first-order chi connectivity index (χ1) is 11.0. The Bertz CT molecular complexity index is 418. The third kappa shape index (κ3) is 6.28. The van der Waals surface area contributed by atoms with Gasteiger partial charge >= 0.3 is 0 Å². The van der Waals surface area contributed by atoms with Gasteiger partial charge in [0.05, 0.1) is 26.4 Å². The van der Waals surface area contributed by atoms with Crippen LogP contribution in [0.4, 0.5) is 0 Å². The van der Waals surface area contributed by atoms with E-state index in [4.69, 9.17) is 24.8 Å². The minimum absolute atomic E-state index is 0.0813. The second-order valence-electron chi connectivity index (χ2n) is 4.87. The number of aliphatic hydroxyl groups excluding tert-OH is 3. The molecule has 0 saturated carbocycles. The van der Waals surface area contributed by atoms with Crippen molar-refractivity contribution < 1.29 is 34.3 Å². The molecule has 1 rings (SSSR count). The molecule has 1 fully saturated rings. The molecule has 132 valence electrons. The lowest BCUT2D eigenvalue weighted by Gasteiger charge is -2.42. The Labute approximate surface area is 132 Å². The largest absolute Gasteiger partial charge is 0.394 e. The molecule has 0 spiro atoms. The Kier molecular flexibility index (Phi) is 8.81. The van der Waals surface area contributed by atoms with Crippen LogP contribution in [0.15, 0.2) is 5.11 Å². The van der Waals surface area contributed by atoms with E-state index in [1.165, 1.54) is 6.92 Å². The highest BCUT2D eigenvalue weighted by Gasteiger charge is 2.45. The van der Waals surface area contributed by atoms with Gasteiger partial charge in [-0.3, -0.25) is 4.79 Å². The van der Waals surface area contributed by atoms with Crippen LogP contribution in [0.3, 0.4) is 0 Å². The molecule has 1 amide bonds. The number of rotatable bonds is 9. The zero-order valence-electron chi connectivity index (χ0n) is 12.7. The van der Waals surface area contributed by atoms with Gasteiger partial charge in [0.2, 0.25) is 5.91 Å². The number of aliphatic hydroxyl groups is 3. The highest BCUT2D eigenvalue weighted by atomic mass is 16.7. The van der Waals surface area contributed by atoms with E-state index in [2.05, 4.69) is 15.3 Å². The summed E-state index contributed by atoms with van der Waals surface area (Å²) in [5.74, 6) is -0.425. The number of carbonyl (C=O) groups is 1. The molecular weight excluding hydrogens is 312 g/mol. The van der Waals surface area contributed by atoms with E-state index in [1.807, 2.05) is 0 Å². The first kappa shape index (κ1) is 19.6. The summed E-state index contributed by atoms with van der Waals surface area (Å²) in [6.45, 7) is 1.44. The minimum atomic E-state index is -1.35. The number of hydrogen-bond donors (Lipinski definition) is 4. The van der Waals surface area contributed by atoms with Crippen LogP contribution in [-0.4, -0.2) is 84.8 Å². The van der Waals surface area contributed by atoms with Crippen molar-refractivity contribution in [2.24, 2.45) is 5.11 Å². The predicted octanol–water partition coefficient (Wildman–Crippen LogP) is -1.73. The van der Waals surface area contributed by atoms with Gasteiger partial charge in [0, 0.05) is 18.4 Å². The van der Waals surface area contributed by atoms with Crippen LogP contribution < -0.4 is 5.32 Å². The molecule has 0 aromatic carbocycles. The maximum atomic E-state index is 11.2. The fourth-order valence-corrected chi connectivity index (χ4v) is 2.09. The van der Waals surface area contributed by atoms with Crippen LogP contribution >= 0.6 is 0 Å². The lowest BCUT2D eigenvalue weighted by molar-refractivity contribution is -0.272. The van der Waals surface area contributed by atoms with Gasteiger partial charge in [0.1, 0.15) is 24.4 Å². The Morgan fingerprint density at radius 3 is 2.70 bits per heavy atom. The molecule has 11 nitrogen and oxygen atoms in total. The summed E-state index contributed by atoms with van der Waals surface area (Å²) >= 11 is 0. The van der Waals surface area contributed by atoms with E-state index in [-0.39, 0.29) is 26.4 Å². The second kappa shape index (κ2) is 10.3. The summed E-state index contributed by atoms with van der Waals surface area (Å²) in [5.41, 5.74) is 8.10. The van der Waals surface area contributed by atoms with Crippen molar-refractivity contribution in [1.82, 2.24) is 5.32 Å². The number of nitrogens with zero attached hydrogens (tertiary/aromatic N) is 3. The van der Waals surface area contributed by atoms with Crippen LogP contribution in [0.5, 0.6) is 0 Å². The fraction of sp³-hybridized carbons (Fsp3) is 0.917. The zero-order valence-corrected chi connectivity index (χ0v) is 12.7. The average molecular weight is 334 g/mol. The standard InChI is InChI=1S/C12H22N4O7/c1-7(18)15-9-11(20)10(19)8(6-17)23-12(9)22-5-4-21-3-2-14-16-13/h8-12,17,19-20H,2-6H2,1H3,(H,15,18)/t8-,9-,10+,11-,12+/m1/s1. The van der Waals surface area contributed by atoms with E-state index in [1.54, 1.807) is 0 Å². The van der Waals surface area contributed by atoms with Gasteiger partial charge in [-0.2, -0.15) is 0 Å². The van der Waals surface area contributed by atoms with Crippen LogP contribution in [0.1, 0.15) is 6.92 Å². The van der Waals surface area contributed by atoms with Gasteiger partial charge in [0.25, 0.3) is 0 Å². The van der Waals surface area contributed by atoms with Crippen molar-refractivity contribution in [3.05, 3.63) is 10.4 Å². The molecule has 0 unspecified atom stereocenters. The van der Waals surface area contributed by atoms with Crippen LogP contribution in [-0.2, 0) is 19.0 Å². The lowest BCUT2D eigenvalue weighted by Crippen LogP contribution is -2.64. The molecule has 0 radical (unpaired) electrons. The monoisotopic (exact) mass is 334 g/mol. The molecule has 0 aromatic heterocycles. The minimum Gasteiger partial charge on any atom is -0.394 e. The molecule has 5 atom stereocenters. The maximum Gasteiger partial charge on any atom is 0.217 e. The van der Waals surface area contributed by atoms with Gasteiger partial charge in [-0.25, -0.2) is 0 Å². The maximum absolute atomic E-state index is 11.2. The van der Waals surface area contributed by atoms with Gasteiger partial charge in [-0.15, -0.1) is 0 Å². The van der Waals surface area contributed by atoms with Crippen LogP contribution in [0, 0.1) is 0 Å². The summed E-state index contributed by atoms with van der Waals surface area (Å²) in [7, 11) is 0. The van der Waals surface area contributed by atoms with Crippen molar-refractivity contribution >= 4 is 5.91 Å². The molecule has 11 heteroatoms. The van der Waals surface area contributed by atoms with Crippen molar-refractivity contribution in [2.45, 2.75) is 37.6 Å². The first-order valence-corrected chi connectivity index (χ1v) is 7.11. The number of nitrogens with one attached hydrogen (secondary N) is 1. The number of ether oxygens (including phenoxy) is 3. The summed E-state index contributed by atoms with van der Waals surface area (Å²) in [6.07, 6.45) is -4.77. The van der Waals surface area contributed by atoms with E-state index in [0.29, 0.717) is 0 Å². The van der Waals surface area contributed by atoms with Gasteiger partial charge in [-0.05, 0) is 5.53 Å². The Hall–Kier alpha value is -1.46. The quantitative estimate of drug-likeness (QED) is 0.168. The van der Waals surface area contributed by atoms with E-state index >= 15 is 0 Å². The molecule has 0 bridgehead atoms. The third-order valence-corrected chi connectivity index (χ3v) is 3.16. The fourth-order valence-electron chi connectivity index (χ4n) is 2.09. The van der Waals surface area contributed by atoms with Crippen molar-refractivity contribution in [3.8, 4) is 0 Å². The number of amides is 1. The third-order valence-electron chi connectivity index (χ3n) is 3.16. The first-order valence-electron chi connectivity index (χ1n) is 7.11. The topological polar surface area (TPSA) is 166 Å². The average Bonchev–Trinajstić information content (AvgIpc) is 2.52. The predicted molar refractivity (Wildman–Crippen MR) is 76.1 cm³/mol. The van der Waals surface area contributed by atoms with E-state index < -0.39 is 43.2 Å². The summed E-state index contributed by atoms with van der Waals surface area (Å²) in [5, 5.41) is 34.8. The summed E-state index contributed by atoms with van der Waals surface area (Å²) < 4.78 is 15.9. The van der Waals surface area contributed by atoms with E-state index in [9.17, 15) is 15.0 Å². The number of azide groups is 1. The highest BCUT2D eigenvalue weighted by molar-refractivity contribution is 5.73. The van der Waals surface area contributed by atoms with E-state index in [0.717, 1.165) is 0 Å². The molecule has 1 saturated heterocycles. The molecule has 23 heavy (non-hydrogen) atoms. The molecule has 4 N–H and O–H groups in total. The Balaban J connectivity index is 2.49. The molecule has 0 aromatic rings. The van der Waals surface area contributed by atoms with Crippen molar-refractivity contribution in [1.29, 1.82) is 0 Å². The molecule has 1 aliphatic rings. The Morgan fingerprint density at radius 2 is 2.09 bits per heavy atom. The SMILES string of the molecule is CC(=O)N[C@H]1[C@@H](OCCOCCN=[N+]=[N-])O[C@H](CO)[C@H](O)[C@@H]1O. The van der Waals surface area contributed by atoms with Crippen molar-refractivity contribution in [2.75, 3.05) is 33.0 Å². The number of hydrogen-bond acceptors (Lipinski definition) is 8. The lowest BCUT2D eigenvalue weighted by atomic mass is 9.97. The normalized spacial score (nSPS) is 30.5. The second-order valence-corrected chi connectivity index (χ2v) is 4.87. The smallest absolute Gasteiger partial charge is 0.217 e. The Morgan fingerprint density at radius 1 is 1.35 bits per heavy atom. The van der Waals surface area contributed by atoms with Crippen LogP contribution in [0.2, 0.25) is 0 Å². The molecular formula is C12H22N4O7.